The van der Waals surface area contributed by atoms with Gasteiger partial charge in [-0.15, -0.1) is 0 Å². The van der Waals surface area contributed by atoms with E-state index in [0.29, 0.717) is 17.0 Å². The number of benzene rings is 2. The molecule has 1 amide bonds. The molecule has 0 aliphatic rings. The van der Waals surface area contributed by atoms with Gasteiger partial charge in [-0.2, -0.15) is 0 Å². The minimum atomic E-state index is -1.16. The molecule has 2 aromatic carbocycles. The van der Waals surface area contributed by atoms with Crippen LogP contribution in [0.5, 0.6) is 5.75 Å². The van der Waals surface area contributed by atoms with Crippen molar-refractivity contribution in [3.05, 3.63) is 71.8 Å². The minimum absolute atomic E-state index is 0.0452. The van der Waals surface area contributed by atoms with Gasteiger partial charge in [0.15, 0.2) is 6.10 Å². The van der Waals surface area contributed by atoms with Crippen molar-refractivity contribution < 1.29 is 34.0 Å². The highest BCUT2D eigenvalue weighted by molar-refractivity contribution is 5.85. The fraction of sp³-hybridized carbons (Fsp3) is 0.304. The number of carbonyl (C=O) groups excluding carboxylic acids is 1. The Hall–Kier alpha value is -3.36. The maximum Gasteiger partial charge on any atom is 0.412 e. The third-order valence-electron chi connectivity index (χ3n) is 4.19. The lowest BCUT2D eigenvalue weighted by molar-refractivity contribution is -0.131. The standard InChI is InChI=1S/C23H27NO7/c1-3-29-20(12-13-21(26)27)22(18-6-4-5-7-19(18)30-15-14-25)31-23(28)24-17-10-8-16(2)9-11-17/h4-13,20,22,25H,3,14-15H2,1-2H3,(H,24,28)(H,26,27)/b13-12+/t20-,22-/m0/s1. The molecule has 2 aromatic rings. The summed E-state index contributed by atoms with van der Waals surface area (Å²) in [4.78, 5) is 23.7. The first-order valence-electron chi connectivity index (χ1n) is 9.84. The lowest BCUT2D eigenvalue weighted by Crippen LogP contribution is -2.28. The summed E-state index contributed by atoms with van der Waals surface area (Å²) in [5.74, 6) is -0.768. The third kappa shape index (κ3) is 7.76. The number of nitrogens with one attached hydrogen (secondary N) is 1. The first kappa shape index (κ1) is 23.9. The van der Waals surface area contributed by atoms with Gasteiger partial charge in [0.1, 0.15) is 18.5 Å². The highest BCUT2D eigenvalue weighted by atomic mass is 16.6. The van der Waals surface area contributed by atoms with E-state index in [-0.39, 0.29) is 19.8 Å². The SMILES string of the molecule is CCO[C@@H](/C=C/C(=O)O)[C@@H](OC(=O)Nc1ccc(C)cc1)c1ccccc1OCCO. The van der Waals surface area contributed by atoms with E-state index in [1.165, 1.54) is 6.08 Å². The number of aryl methyl sites for hydroxylation is 1. The van der Waals surface area contributed by atoms with Crippen LogP contribution in [0.2, 0.25) is 0 Å². The summed E-state index contributed by atoms with van der Waals surface area (Å²) in [5.41, 5.74) is 2.07. The number of carbonyl (C=O) groups is 2. The van der Waals surface area contributed by atoms with Crippen LogP contribution in [0.4, 0.5) is 10.5 Å². The number of anilines is 1. The maximum atomic E-state index is 12.6. The molecule has 0 saturated heterocycles. The zero-order valence-electron chi connectivity index (χ0n) is 17.5. The Labute approximate surface area is 181 Å². The second-order valence-electron chi connectivity index (χ2n) is 6.54. The number of para-hydroxylation sites is 1. The topological polar surface area (TPSA) is 114 Å². The lowest BCUT2D eigenvalue weighted by Gasteiger charge is -2.26. The fourth-order valence-corrected chi connectivity index (χ4v) is 2.82. The predicted molar refractivity (Wildman–Crippen MR) is 115 cm³/mol. The number of aliphatic carboxylic acids is 1. The number of hydrogen-bond donors (Lipinski definition) is 3. The molecule has 0 bridgehead atoms. The largest absolute Gasteiger partial charge is 0.491 e. The van der Waals surface area contributed by atoms with Gasteiger partial charge in [-0.3, -0.25) is 5.32 Å². The van der Waals surface area contributed by atoms with Crippen molar-refractivity contribution in [3.63, 3.8) is 0 Å². The Kier molecular flexibility index (Phi) is 9.54. The molecule has 0 spiro atoms. The average molecular weight is 429 g/mol. The second-order valence-corrected chi connectivity index (χ2v) is 6.54. The molecule has 0 aromatic heterocycles. The van der Waals surface area contributed by atoms with Crippen LogP contribution in [-0.4, -0.2) is 48.2 Å². The van der Waals surface area contributed by atoms with Crippen LogP contribution in [0.15, 0.2) is 60.7 Å². The minimum Gasteiger partial charge on any atom is -0.491 e. The molecular formula is C23H27NO7. The van der Waals surface area contributed by atoms with E-state index in [4.69, 9.17) is 24.4 Å². The zero-order chi connectivity index (χ0) is 22.6. The molecule has 0 aliphatic carbocycles. The van der Waals surface area contributed by atoms with Gasteiger partial charge in [0.05, 0.1) is 6.61 Å². The normalized spacial score (nSPS) is 12.9. The van der Waals surface area contributed by atoms with Crippen molar-refractivity contribution in [2.75, 3.05) is 25.1 Å². The second kappa shape index (κ2) is 12.4. The average Bonchev–Trinajstić information content (AvgIpc) is 2.75. The number of rotatable bonds is 11. The van der Waals surface area contributed by atoms with E-state index in [0.717, 1.165) is 11.6 Å². The Balaban J connectivity index is 2.35. The molecule has 2 atom stereocenters. The number of carboxylic acid groups (broad SMARTS) is 1. The van der Waals surface area contributed by atoms with Crippen LogP contribution in [-0.2, 0) is 14.3 Å². The van der Waals surface area contributed by atoms with Crippen molar-refractivity contribution in [1.29, 1.82) is 0 Å². The van der Waals surface area contributed by atoms with Gasteiger partial charge in [-0.1, -0.05) is 35.9 Å². The molecule has 2 rings (SSSR count). The molecule has 3 N–H and O–H groups in total. The Morgan fingerprint density at radius 3 is 2.48 bits per heavy atom. The molecule has 0 unspecified atom stereocenters. The lowest BCUT2D eigenvalue weighted by atomic mass is 10.0. The fourth-order valence-electron chi connectivity index (χ4n) is 2.82. The molecule has 0 saturated carbocycles. The van der Waals surface area contributed by atoms with E-state index < -0.39 is 24.3 Å². The first-order valence-corrected chi connectivity index (χ1v) is 9.84. The summed E-state index contributed by atoms with van der Waals surface area (Å²) in [7, 11) is 0. The molecule has 0 radical (unpaired) electrons. The highest BCUT2D eigenvalue weighted by Gasteiger charge is 2.29. The van der Waals surface area contributed by atoms with Crippen molar-refractivity contribution >= 4 is 17.7 Å². The van der Waals surface area contributed by atoms with Crippen molar-refractivity contribution in [1.82, 2.24) is 0 Å². The number of hydrogen-bond acceptors (Lipinski definition) is 6. The highest BCUT2D eigenvalue weighted by Crippen LogP contribution is 2.32. The van der Waals surface area contributed by atoms with Crippen LogP contribution in [0.3, 0.4) is 0 Å². The smallest absolute Gasteiger partial charge is 0.412 e. The summed E-state index contributed by atoms with van der Waals surface area (Å²) in [6, 6.07) is 14.0. The van der Waals surface area contributed by atoms with Gasteiger partial charge in [0.2, 0.25) is 0 Å². The Morgan fingerprint density at radius 1 is 1.13 bits per heavy atom. The maximum absolute atomic E-state index is 12.6. The first-order chi connectivity index (χ1) is 14.9. The van der Waals surface area contributed by atoms with Gasteiger partial charge in [-0.25, -0.2) is 9.59 Å². The molecule has 0 aliphatic heterocycles. The van der Waals surface area contributed by atoms with Crippen LogP contribution in [0.1, 0.15) is 24.2 Å². The summed E-state index contributed by atoms with van der Waals surface area (Å²) in [5, 5.41) is 20.8. The van der Waals surface area contributed by atoms with Gasteiger partial charge >= 0.3 is 12.1 Å². The van der Waals surface area contributed by atoms with E-state index in [9.17, 15) is 9.59 Å². The van der Waals surface area contributed by atoms with Gasteiger partial charge < -0.3 is 24.4 Å². The number of aliphatic hydroxyl groups is 1. The molecule has 8 heteroatoms. The molecular weight excluding hydrogens is 402 g/mol. The van der Waals surface area contributed by atoms with E-state index >= 15 is 0 Å². The molecule has 0 heterocycles. The predicted octanol–water partition coefficient (Wildman–Crippen LogP) is 3.70. The number of amides is 1. The van der Waals surface area contributed by atoms with Crippen molar-refractivity contribution in [2.24, 2.45) is 0 Å². The summed E-state index contributed by atoms with van der Waals surface area (Å²) in [6.07, 6.45) is -0.372. The van der Waals surface area contributed by atoms with Crippen molar-refractivity contribution in [3.8, 4) is 5.75 Å². The zero-order valence-corrected chi connectivity index (χ0v) is 17.5. The van der Waals surface area contributed by atoms with Crippen LogP contribution in [0, 0.1) is 6.92 Å². The van der Waals surface area contributed by atoms with Crippen LogP contribution in [0.25, 0.3) is 0 Å². The summed E-state index contributed by atoms with van der Waals surface area (Å²) in [6.45, 7) is 3.79. The van der Waals surface area contributed by atoms with Gasteiger partial charge in [0, 0.05) is 23.9 Å². The number of carboxylic acids is 1. The van der Waals surface area contributed by atoms with Crippen LogP contribution < -0.4 is 10.1 Å². The molecule has 0 fully saturated rings. The van der Waals surface area contributed by atoms with Crippen molar-refractivity contribution in [2.45, 2.75) is 26.1 Å². The van der Waals surface area contributed by atoms with E-state index in [1.807, 2.05) is 19.1 Å². The van der Waals surface area contributed by atoms with Gasteiger partial charge in [0.25, 0.3) is 0 Å². The molecule has 166 valence electrons. The van der Waals surface area contributed by atoms with Crippen LogP contribution >= 0.6 is 0 Å². The number of ether oxygens (including phenoxy) is 3. The van der Waals surface area contributed by atoms with Gasteiger partial charge in [-0.05, 0) is 38.1 Å². The summed E-state index contributed by atoms with van der Waals surface area (Å²) >= 11 is 0. The Morgan fingerprint density at radius 2 is 1.84 bits per heavy atom. The third-order valence-corrected chi connectivity index (χ3v) is 4.19. The molecule has 8 nitrogen and oxygen atoms in total. The monoisotopic (exact) mass is 429 g/mol. The van der Waals surface area contributed by atoms with E-state index in [2.05, 4.69) is 5.32 Å². The number of aliphatic hydroxyl groups excluding tert-OH is 1. The quantitative estimate of drug-likeness (QED) is 0.467. The Bertz CT molecular complexity index is 880. The van der Waals surface area contributed by atoms with E-state index in [1.54, 1.807) is 43.3 Å². The summed E-state index contributed by atoms with van der Waals surface area (Å²) < 4.78 is 16.9. The molecule has 31 heavy (non-hydrogen) atoms.